The van der Waals surface area contributed by atoms with Crippen LogP contribution in [-0.2, 0) is 0 Å². The van der Waals surface area contributed by atoms with Gasteiger partial charge in [-0.2, -0.15) is 0 Å². The van der Waals surface area contributed by atoms with Gasteiger partial charge in [0, 0.05) is 13.1 Å². The van der Waals surface area contributed by atoms with Crippen LogP contribution < -0.4 is 29.5 Å². The number of hydrogen-bond acceptors (Lipinski definition) is 2. The Labute approximate surface area is 75.6 Å². The first kappa shape index (κ1) is 16.0. The zero-order valence-corrected chi connectivity index (χ0v) is 5.41. The molecule has 0 fully saturated rings. The van der Waals surface area contributed by atoms with Crippen molar-refractivity contribution in [2.75, 3.05) is 27.2 Å². The molecule has 0 saturated carbocycles. The smallest absolute Gasteiger partial charge is 1.00 e. The van der Waals surface area contributed by atoms with Gasteiger partial charge in [0.05, 0.1) is 0 Å². The minimum Gasteiger partial charge on any atom is -1.00 e. The van der Waals surface area contributed by atoms with Crippen molar-refractivity contribution in [1.82, 2.24) is 10.6 Å². The molecule has 0 atom stereocenters. The fraction of sp³-hybridized carbons (Fsp3) is 1.00. The summed E-state index contributed by atoms with van der Waals surface area (Å²) in [5.41, 5.74) is 0. The van der Waals surface area contributed by atoms with E-state index in [1.165, 1.54) is 0 Å². The maximum absolute atomic E-state index is 3.01. The molecule has 2 N–H and O–H groups in total. The molecular weight excluding hydrogens is 110 g/mol. The van der Waals surface area contributed by atoms with Crippen LogP contribution in [0.25, 0.3) is 0 Å². The zero-order chi connectivity index (χ0) is 4.83. The normalized spacial score (nSPS) is 6.75. The van der Waals surface area contributed by atoms with Gasteiger partial charge in [-0.1, -0.05) is 0 Å². The molecule has 0 aliphatic carbocycles. The molecule has 0 unspecified atom stereocenters. The van der Waals surface area contributed by atoms with Gasteiger partial charge >= 0.3 is 18.9 Å². The van der Waals surface area contributed by atoms with E-state index in [4.69, 9.17) is 0 Å². The predicted octanol–water partition coefficient (Wildman–Crippen LogP) is -4.64. The summed E-state index contributed by atoms with van der Waals surface area (Å²) in [4.78, 5) is 0. The van der Waals surface area contributed by atoms with E-state index >= 15 is 0 Å². The van der Waals surface area contributed by atoms with Gasteiger partial charge in [0.2, 0.25) is 0 Å². The van der Waals surface area contributed by atoms with Crippen molar-refractivity contribution in [2.24, 2.45) is 0 Å². The maximum Gasteiger partial charge on any atom is 1.00 e. The Bertz CT molecular complexity index is 30.5. The van der Waals surface area contributed by atoms with Crippen molar-refractivity contribution in [3.63, 3.8) is 0 Å². The summed E-state index contributed by atoms with van der Waals surface area (Å²) < 4.78 is 0. The Hall–Kier alpha value is 1.05. The second-order valence-electron chi connectivity index (χ2n) is 1.21. The monoisotopic (exact) mass is 126 g/mol. The molecule has 0 spiro atoms. The van der Waals surface area contributed by atoms with Crippen LogP contribution in [0.1, 0.15) is 1.43 Å². The van der Waals surface area contributed by atoms with E-state index in [0.717, 1.165) is 13.1 Å². The predicted molar refractivity (Wildman–Crippen MR) is 38.9 cm³/mol. The molecule has 0 heterocycles. The van der Waals surface area contributed by atoms with Crippen LogP contribution in [0.4, 0.5) is 0 Å². The van der Waals surface area contributed by atoms with Crippen molar-refractivity contribution in [1.29, 1.82) is 0 Å². The van der Waals surface area contributed by atoms with E-state index in [9.17, 15) is 0 Å². The number of likely N-dealkylation sites (N-methyl/N-ethyl adjacent to an activating group) is 2. The summed E-state index contributed by atoms with van der Waals surface area (Å²) in [5.74, 6) is 0. The van der Waals surface area contributed by atoms with Crippen molar-refractivity contribution in [2.45, 2.75) is 0 Å². The maximum atomic E-state index is 3.01. The SMILES string of the molecule is CNCCNC.[AlH3].[H-].[Li+]. The Morgan fingerprint density at radius 3 is 1.50 bits per heavy atom. The van der Waals surface area contributed by atoms with Crippen LogP contribution in [0.15, 0.2) is 0 Å². The van der Waals surface area contributed by atoms with Crippen LogP contribution in [0.5, 0.6) is 0 Å². The third-order valence-corrected chi connectivity index (χ3v) is 0.625. The molecule has 0 amide bonds. The van der Waals surface area contributed by atoms with Crippen LogP contribution in [0.3, 0.4) is 0 Å². The van der Waals surface area contributed by atoms with E-state index in [-0.39, 0.29) is 37.6 Å². The average Bonchev–Trinajstić information content (AvgIpc) is 1.61. The van der Waals surface area contributed by atoms with Gasteiger partial charge < -0.3 is 12.1 Å². The molecule has 0 aromatic rings. The molecule has 2 nitrogen and oxygen atoms in total. The van der Waals surface area contributed by atoms with Crippen molar-refractivity contribution in [3.05, 3.63) is 0 Å². The molecule has 0 aliphatic heterocycles. The largest absolute Gasteiger partial charge is 1.00 e. The second-order valence-corrected chi connectivity index (χ2v) is 1.21. The molecule has 8 heavy (non-hydrogen) atoms. The first-order valence-electron chi connectivity index (χ1n) is 2.21. The Kier molecular flexibility index (Phi) is 31.4. The standard InChI is InChI=1S/C4H12N2.Al.Li.4H/c1-5-3-4-6-2;;;;;;/h5-6H,3-4H2,1-2H3;;;;;;/q;;+1;;;;-1. The third kappa shape index (κ3) is 15.7. The Morgan fingerprint density at radius 1 is 1.12 bits per heavy atom. The van der Waals surface area contributed by atoms with Gasteiger partial charge in [0.25, 0.3) is 0 Å². The van der Waals surface area contributed by atoms with Gasteiger partial charge in [0.15, 0.2) is 17.4 Å². The molecule has 46 valence electrons. The number of rotatable bonds is 3. The Morgan fingerprint density at radius 2 is 1.38 bits per heavy atom. The number of hydrogen-bond donors (Lipinski definition) is 2. The molecule has 0 radical (unpaired) electrons. The van der Waals surface area contributed by atoms with Crippen LogP contribution in [0.2, 0.25) is 0 Å². The summed E-state index contributed by atoms with van der Waals surface area (Å²) >= 11 is 0. The summed E-state index contributed by atoms with van der Waals surface area (Å²) in [5, 5.41) is 6.01. The summed E-state index contributed by atoms with van der Waals surface area (Å²) in [6.07, 6.45) is 0. The quantitative estimate of drug-likeness (QED) is 0.293. The minimum atomic E-state index is 0. The summed E-state index contributed by atoms with van der Waals surface area (Å²) in [6, 6.07) is 0. The van der Waals surface area contributed by atoms with Crippen molar-refractivity contribution in [3.8, 4) is 0 Å². The summed E-state index contributed by atoms with van der Waals surface area (Å²) in [6.45, 7) is 2.10. The molecule has 0 aliphatic rings. The van der Waals surface area contributed by atoms with Crippen LogP contribution >= 0.6 is 0 Å². The molecular formula is C4H16AlLiN2. The molecule has 0 aromatic carbocycles. The average molecular weight is 126 g/mol. The fourth-order valence-electron chi connectivity index (χ4n) is 0.250. The van der Waals surface area contributed by atoms with E-state index in [1.807, 2.05) is 14.1 Å². The third-order valence-electron chi connectivity index (χ3n) is 0.625. The second kappa shape index (κ2) is 15.7. The van der Waals surface area contributed by atoms with Crippen LogP contribution in [0, 0.1) is 0 Å². The first-order valence-corrected chi connectivity index (χ1v) is 2.21. The topological polar surface area (TPSA) is 24.1 Å². The van der Waals surface area contributed by atoms with E-state index in [2.05, 4.69) is 10.6 Å². The zero-order valence-electron chi connectivity index (χ0n) is 6.41. The van der Waals surface area contributed by atoms with Gasteiger partial charge in [-0.05, 0) is 14.1 Å². The molecule has 0 saturated heterocycles. The minimum absolute atomic E-state index is 0. The molecule has 4 heteroatoms. The van der Waals surface area contributed by atoms with E-state index in [1.54, 1.807) is 0 Å². The van der Waals surface area contributed by atoms with Crippen LogP contribution in [-0.4, -0.2) is 44.5 Å². The molecule has 0 bridgehead atoms. The van der Waals surface area contributed by atoms with Crippen molar-refractivity contribution < 1.29 is 20.3 Å². The van der Waals surface area contributed by atoms with E-state index in [0.29, 0.717) is 0 Å². The molecule has 0 aromatic heterocycles. The van der Waals surface area contributed by atoms with Gasteiger partial charge in [0.1, 0.15) is 0 Å². The first-order chi connectivity index (χ1) is 2.91. The fourth-order valence-corrected chi connectivity index (χ4v) is 0.250. The van der Waals surface area contributed by atoms with E-state index < -0.39 is 0 Å². The Balaban J connectivity index is -0.0000000417. The molecule has 0 rings (SSSR count). The number of nitrogens with one attached hydrogen (secondary N) is 2. The summed E-state index contributed by atoms with van der Waals surface area (Å²) in [7, 11) is 3.88. The van der Waals surface area contributed by atoms with Gasteiger partial charge in [-0.15, -0.1) is 0 Å². The van der Waals surface area contributed by atoms with Gasteiger partial charge in [-0.3, -0.25) is 0 Å². The van der Waals surface area contributed by atoms with Crippen molar-refractivity contribution >= 4 is 17.4 Å². The van der Waals surface area contributed by atoms with Gasteiger partial charge in [-0.25, -0.2) is 0 Å².